The van der Waals surface area contributed by atoms with Gasteiger partial charge in [-0.05, 0) is 36.4 Å². The summed E-state index contributed by atoms with van der Waals surface area (Å²) >= 11 is 5.92. The van der Waals surface area contributed by atoms with Gasteiger partial charge in [0.2, 0.25) is 0 Å². The molecular formula is C18H22ClNO. The van der Waals surface area contributed by atoms with Crippen LogP contribution in [-0.4, -0.2) is 12.6 Å². The maximum Gasteiger partial charge on any atom is 0.125 e. The Morgan fingerprint density at radius 1 is 1.00 bits per heavy atom. The third-order valence-corrected chi connectivity index (χ3v) is 3.47. The molecule has 0 saturated heterocycles. The zero-order chi connectivity index (χ0) is 15.1. The van der Waals surface area contributed by atoms with Crippen molar-refractivity contribution in [2.24, 2.45) is 0 Å². The summed E-state index contributed by atoms with van der Waals surface area (Å²) in [6.45, 7) is 5.22. The molecule has 0 bridgehead atoms. The van der Waals surface area contributed by atoms with Gasteiger partial charge >= 0.3 is 0 Å². The Balaban J connectivity index is 2.06. The van der Waals surface area contributed by atoms with Crippen LogP contribution in [0.15, 0.2) is 54.6 Å². The number of benzene rings is 2. The fourth-order valence-electron chi connectivity index (χ4n) is 2.14. The predicted octanol–water partition coefficient (Wildman–Crippen LogP) is 4.85. The number of hydrogen-bond acceptors (Lipinski definition) is 2. The summed E-state index contributed by atoms with van der Waals surface area (Å²) in [6.07, 6.45) is 0.962. The van der Waals surface area contributed by atoms with Crippen LogP contribution in [0.1, 0.15) is 31.9 Å². The Morgan fingerprint density at radius 2 is 1.67 bits per heavy atom. The van der Waals surface area contributed by atoms with Gasteiger partial charge in [0.25, 0.3) is 0 Å². The lowest BCUT2D eigenvalue weighted by atomic mass is 10.1. The fraction of sp³-hybridized carbons (Fsp3) is 0.333. The number of halogens is 1. The van der Waals surface area contributed by atoms with E-state index in [4.69, 9.17) is 16.3 Å². The van der Waals surface area contributed by atoms with Gasteiger partial charge in [-0.2, -0.15) is 0 Å². The van der Waals surface area contributed by atoms with Crippen LogP contribution in [0, 0.1) is 0 Å². The second-order valence-electron chi connectivity index (χ2n) is 5.37. The molecule has 2 nitrogen and oxygen atoms in total. The van der Waals surface area contributed by atoms with Gasteiger partial charge in [0.1, 0.15) is 11.9 Å². The summed E-state index contributed by atoms with van der Waals surface area (Å²) in [7, 11) is 0. The lowest BCUT2D eigenvalue weighted by Crippen LogP contribution is -2.26. The highest BCUT2D eigenvalue weighted by molar-refractivity contribution is 6.30. The minimum absolute atomic E-state index is 0.0404. The second kappa shape index (κ2) is 8.06. The second-order valence-corrected chi connectivity index (χ2v) is 5.81. The van der Waals surface area contributed by atoms with E-state index < -0.39 is 0 Å². The minimum Gasteiger partial charge on any atom is -0.486 e. The van der Waals surface area contributed by atoms with Gasteiger partial charge in [-0.1, -0.05) is 55.8 Å². The highest BCUT2D eigenvalue weighted by Crippen LogP contribution is 2.25. The first kappa shape index (κ1) is 15.9. The maximum absolute atomic E-state index is 6.14. The molecular weight excluding hydrogens is 282 g/mol. The van der Waals surface area contributed by atoms with Crippen molar-refractivity contribution in [3.8, 4) is 5.75 Å². The van der Waals surface area contributed by atoms with Crippen molar-refractivity contribution < 1.29 is 4.74 Å². The molecule has 0 aliphatic carbocycles. The molecule has 0 spiro atoms. The van der Waals surface area contributed by atoms with E-state index in [-0.39, 0.29) is 6.10 Å². The van der Waals surface area contributed by atoms with Crippen molar-refractivity contribution in [1.82, 2.24) is 5.32 Å². The van der Waals surface area contributed by atoms with Crippen LogP contribution >= 0.6 is 11.6 Å². The molecule has 2 rings (SSSR count). The molecule has 0 heterocycles. The number of rotatable bonds is 7. The van der Waals surface area contributed by atoms with E-state index in [0.29, 0.717) is 6.04 Å². The van der Waals surface area contributed by atoms with E-state index in [9.17, 15) is 0 Å². The molecule has 2 aromatic rings. The van der Waals surface area contributed by atoms with Crippen LogP contribution in [0.3, 0.4) is 0 Å². The highest BCUT2D eigenvalue weighted by Gasteiger charge is 2.13. The third kappa shape index (κ3) is 5.41. The molecule has 0 fully saturated rings. The summed E-state index contributed by atoms with van der Waals surface area (Å²) in [5.41, 5.74) is 1.19. The van der Waals surface area contributed by atoms with E-state index in [1.807, 2.05) is 42.5 Å². The Kier molecular flexibility index (Phi) is 6.09. The molecule has 112 valence electrons. The van der Waals surface area contributed by atoms with Crippen molar-refractivity contribution in [3.05, 3.63) is 65.2 Å². The van der Waals surface area contributed by atoms with Crippen molar-refractivity contribution in [2.75, 3.05) is 6.54 Å². The minimum atomic E-state index is 0.0404. The molecule has 0 saturated carbocycles. The number of ether oxygens (including phenoxy) is 1. The SMILES string of the molecule is CC(C)NCCC(Oc1ccc(Cl)cc1)c1ccccc1. The topological polar surface area (TPSA) is 21.3 Å². The van der Waals surface area contributed by atoms with E-state index >= 15 is 0 Å². The Labute approximate surface area is 132 Å². The average Bonchev–Trinajstić information content (AvgIpc) is 2.49. The summed E-state index contributed by atoms with van der Waals surface area (Å²) in [5.74, 6) is 0.845. The normalized spacial score (nSPS) is 12.4. The molecule has 0 aliphatic rings. The number of hydrogen-bond donors (Lipinski definition) is 1. The molecule has 1 N–H and O–H groups in total. The summed E-state index contributed by atoms with van der Waals surface area (Å²) in [4.78, 5) is 0. The smallest absolute Gasteiger partial charge is 0.125 e. The molecule has 0 aromatic heterocycles. The van der Waals surface area contributed by atoms with E-state index in [1.54, 1.807) is 0 Å². The van der Waals surface area contributed by atoms with Gasteiger partial charge in [0.15, 0.2) is 0 Å². The van der Waals surface area contributed by atoms with Crippen LogP contribution in [-0.2, 0) is 0 Å². The monoisotopic (exact) mass is 303 g/mol. The lowest BCUT2D eigenvalue weighted by molar-refractivity contribution is 0.193. The van der Waals surface area contributed by atoms with Crippen molar-refractivity contribution in [1.29, 1.82) is 0 Å². The van der Waals surface area contributed by atoms with Crippen LogP contribution in [0.4, 0.5) is 0 Å². The van der Waals surface area contributed by atoms with Crippen molar-refractivity contribution in [2.45, 2.75) is 32.4 Å². The Hall–Kier alpha value is -1.51. The highest BCUT2D eigenvalue weighted by atomic mass is 35.5. The summed E-state index contributed by atoms with van der Waals surface area (Å²) < 4.78 is 6.14. The van der Waals surface area contributed by atoms with Crippen LogP contribution in [0.2, 0.25) is 5.02 Å². The first-order valence-electron chi connectivity index (χ1n) is 7.35. The van der Waals surface area contributed by atoms with Gasteiger partial charge in [0.05, 0.1) is 0 Å². The molecule has 0 aliphatic heterocycles. The van der Waals surface area contributed by atoms with E-state index in [2.05, 4.69) is 31.3 Å². The maximum atomic E-state index is 6.14. The summed E-state index contributed by atoms with van der Waals surface area (Å²) in [5, 5.41) is 4.16. The first-order chi connectivity index (χ1) is 10.1. The third-order valence-electron chi connectivity index (χ3n) is 3.22. The van der Waals surface area contributed by atoms with E-state index in [0.717, 1.165) is 23.7 Å². The van der Waals surface area contributed by atoms with Gasteiger partial charge in [-0.25, -0.2) is 0 Å². The van der Waals surface area contributed by atoms with Crippen molar-refractivity contribution in [3.63, 3.8) is 0 Å². The number of nitrogens with one attached hydrogen (secondary N) is 1. The summed E-state index contributed by atoms with van der Waals surface area (Å²) in [6, 6.07) is 18.3. The molecule has 2 aromatic carbocycles. The van der Waals surface area contributed by atoms with Crippen LogP contribution in [0.5, 0.6) is 5.75 Å². The molecule has 3 heteroatoms. The van der Waals surface area contributed by atoms with Gasteiger partial charge < -0.3 is 10.1 Å². The molecule has 21 heavy (non-hydrogen) atoms. The van der Waals surface area contributed by atoms with Crippen molar-refractivity contribution >= 4 is 11.6 Å². The standard InChI is InChI=1S/C18H22ClNO/c1-14(2)20-13-12-18(15-6-4-3-5-7-15)21-17-10-8-16(19)9-11-17/h3-11,14,18,20H,12-13H2,1-2H3. The van der Waals surface area contributed by atoms with Gasteiger partial charge in [-0.15, -0.1) is 0 Å². The first-order valence-corrected chi connectivity index (χ1v) is 7.73. The zero-order valence-corrected chi connectivity index (χ0v) is 13.3. The average molecular weight is 304 g/mol. The molecule has 0 radical (unpaired) electrons. The molecule has 1 unspecified atom stereocenters. The largest absolute Gasteiger partial charge is 0.486 e. The van der Waals surface area contributed by atoms with Gasteiger partial charge in [0, 0.05) is 17.5 Å². The Morgan fingerprint density at radius 3 is 2.29 bits per heavy atom. The van der Waals surface area contributed by atoms with Crippen LogP contribution in [0.25, 0.3) is 0 Å². The zero-order valence-electron chi connectivity index (χ0n) is 12.6. The van der Waals surface area contributed by atoms with Crippen LogP contribution < -0.4 is 10.1 Å². The predicted molar refractivity (Wildman–Crippen MR) is 89.0 cm³/mol. The van der Waals surface area contributed by atoms with E-state index in [1.165, 1.54) is 5.56 Å². The quantitative estimate of drug-likeness (QED) is 0.789. The molecule has 0 amide bonds. The fourth-order valence-corrected chi connectivity index (χ4v) is 2.27. The van der Waals surface area contributed by atoms with Gasteiger partial charge in [-0.3, -0.25) is 0 Å². The molecule has 1 atom stereocenters. The lowest BCUT2D eigenvalue weighted by Gasteiger charge is -2.20. The Bertz CT molecular complexity index is 525.